The Morgan fingerprint density at radius 3 is 1.62 bits per heavy atom. The van der Waals surface area contributed by atoms with Crippen LogP contribution < -0.4 is 15.7 Å². The van der Waals surface area contributed by atoms with Gasteiger partial charge in [-0.3, -0.25) is 0 Å². The number of hydrogen-bond donors (Lipinski definition) is 1. The first-order valence-electron chi connectivity index (χ1n) is 9.04. The van der Waals surface area contributed by atoms with Gasteiger partial charge in [0.1, 0.15) is 0 Å². The molecule has 0 aromatic heterocycles. The smallest absolute Gasteiger partial charge is 0.388 e. The maximum atomic E-state index is 6.30. The van der Waals surface area contributed by atoms with E-state index in [4.69, 9.17) is 8.85 Å². The summed E-state index contributed by atoms with van der Waals surface area (Å²) in [6.07, 6.45) is 0. The molecule has 1 N–H and O–H groups in total. The molecule has 3 aromatic rings. The largest absolute Gasteiger partial charge is 0.407 e. The van der Waals surface area contributed by atoms with Crippen molar-refractivity contribution in [2.45, 2.75) is 13.8 Å². The van der Waals surface area contributed by atoms with E-state index in [1.54, 1.807) is 0 Å². The highest BCUT2D eigenvalue weighted by molar-refractivity contribution is 6.92. The molecule has 0 bridgehead atoms. The van der Waals surface area contributed by atoms with Crippen LogP contribution in [0, 0.1) is 0 Å². The van der Waals surface area contributed by atoms with E-state index in [0.717, 1.165) is 21.7 Å². The summed E-state index contributed by atoms with van der Waals surface area (Å²) in [6.45, 7) is 5.28. The van der Waals surface area contributed by atoms with E-state index in [1.165, 1.54) is 0 Å². The molecular weight excluding hydrogens is 338 g/mol. The summed E-state index contributed by atoms with van der Waals surface area (Å²) in [5.41, 5.74) is 2.12. The Balaban J connectivity index is 1.94. The fraction of sp³-hybridized carbons (Fsp3) is 0.182. The van der Waals surface area contributed by atoms with Gasteiger partial charge in [0.05, 0.1) is 0 Å². The highest BCUT2D eigenvalue weighted by atomic mass is 28.4. The number of hydrogen-bond acceptors (Lipinski definition) is 3. The maximum Gasteiger partial charge on any atom is 0.407 e. The molecule has 0 aliphatic heterocycles. The summed E-state index contributed by atoms with van der Waals surface area (Å²) in [4.78, 5) is 0. The lowest BCUT2D eigenvalue weighted by Gasteiger charge is -2.30. The maximum absolute atomic E-state index is 6.30. The predicted octanol–water partition coefficient (Wildman–Crippen LogP) is 4.06. The van der Waals surface area contributed by atoms with E-state index < -0.39 is 8.56 Å². The lowest BCUT2D eigenvalue weighted by molar-refractivity contribution is 0.208. The summed E-state index contributed by atoms with van der Waals surface area (Å²) in [6, 6.07) is 28.9. The second kappa shape index (κ2) is 8.81. The van der Waals surface area contributed by atoms with Gasteiger partial charge in [-0.2, -0.15) is 0 Å². The first kappa shape index (κ1) is 18.4. The highest BCUT2D eigenvalue weighted by Crippen LogP contribution is 2.17. The van der Waals surface area contributed by atoms with Gasteiger partial charge in [-0.05, 0) is 48.5 Å². The van der Waals surface area contributed by atoms with Crippen LogP contribution in [0.25, 0.3) is 0 Å². The van der Waals surface area contributed by atoms with Crippen LogP contribution in [-0.2, 0) is 8.85 Å². The zero-order valence-electron chi connectivity index (χ0n) is 15.3. The fourth-order valence-electron chi connectivity index (χ4n) is 3.07. The quantitative estimate of drug-likeness (QED) is 0.612. The zero-order valence-corrected chi connectivity index (χ0v) is 16.3. The SMILES string of the molecule is CCO[Si](OCC)(c1ccccc1)c1ccc(Nc2ccccc2)cc1. The zero-order chi connectivity index (χ0) is 18.2. The Kier molecular flexibility index (Phi) is 6.23. The summed E-state index contributed by atoms with van der Waals surface area (Å²) in [5.74, 6) is 0. The van der Waals surface area contributed by atoms with Crippen molar-refractivity contribution in [3.8, 4) is 0 Å². The van der Waals surface area contributed by atoms with E-state index in [-0.39, 0.29) is 0 Å². The van der Waals surface area contributed by atoms with Gasteiger partial charge < -0.3 is 14.2 Å². The third kappa shape index (κ3) is 4.04. The minimum absolute atomic E-state index is 0.616. The number of benzene rings is 3. The second-order valence-corrected chi connectivity index (χ2v) is 8.88. The normalized spacial score (nSPS) is 11.3. The van der Waals surface area contributed by atoms with E-state index in [9.17, 15) is 0 Å². The van der Waals surface area contributed by atoms with Crippen LogP contribution >= 0.6 is 0 Å². The molecule has 134 valence electrons. The van der Waals surface area contributed by atoms with Crippen LogP contribution in [0.3, 0.4) is 0 Å². The first-order chi connectivity index (χ1) is 12.8. The van der Waals surface area contributed by atoms with Crippen molar-refractivity contribution in [3.63, 3.8) is 0 Å². The van der Waals surface area contributed by atoms with Crippen LogP contribution in [0.1, 0.15) is 13.8 Å². The second-order valence-electron chi connectivity index (χ2n) is 5.92. The lowest BCUT2D eigenvalue weighted by Crippen LogP contribution is -2.63. The molecule has 0 radical (unpaired) electrons. The van der Waals surface area contributed by atoms with Gasteiger partial charge in [0, 0.05) is 24.6 Å². The van der Waals surface area contributed by atoms with Gasteiger partial charge in [-0.25, -0.2) is 0 Å². The molecule has 0 saturated heterocycles. The summed E-state index contributed by atoms with van der Waals surface area (Å²) in [5, 5.41) is 5.67. The molecule has 0 saturated carbocycles. The van der Waals surface area contributed by atoms with Crippen molar-refractivity contribution >= 4 is 30.3 Å². The topological polar surface area (TPSA) is 30.5 Å². The van der Waals surface area contributed by atoms with Crippen LogP contribution in [0.15, 0.2) is 84.9 Å². The van der Waals surface area contributed by atoms with Gasteiger partial charge in [-0.15, -0.1) is 0 Å². The van der Waals surface area contributed by atoms with Gasteiger partial charge in [0.25, 0.3) is 0 Å². The molecule has 0 aliphatic rings. The van der Waals surface area contributed by atoms with Crippen molar-refractivity contribution in [1.29, 1.82) is 0 Å². The van der Waals surface area contributed by atoms with Gasteiger partial charge in [0.15, 0.2) is 0 Å². The number of anilines is 2. The van der Waals surface area contributed by atoms with E-state index in [0.29, 0.717) is 13.2 Å². The van der Waals surface area contributed by atoms with Crippen LogP contribution in [0.4, 0.5) is 11.4 Å². The van der Waals surface area contributed by atoms with E-state index >= 15 is 0 Å². The standard InChI is InChI=1S/C22H25NO2Si/c1-3-24-26(25-4-2,21-13-9-6-10-14-21)22-17-15-20(16-18-22)23-19-11-7-5-8-12-19/h5-18,23H,3-4H2,1-2H3. The molecule has 0 aliphatic carbocycles. The molecule has 0 fully saturated rings. The van der Waals surface area contributed by atoms with E-state index in [1.807, 2.05) is 50.2 Å². The monoisotopic (exact) mass is 363 g/mol. The summed E-state index contributed by atoms with van der Waals surface area (Å²) >= 11 is 0. The van der Waals surface area contributed by atoms with Gasteiger partial charge in [-0.1, -0.05) is 60.7 Å². The minimum atomic E-state index is -2.69. The van der Waals surface area contributed by atoms with Gasteiger partial charge in [0.2, 0.25) is 0 Å². The molecular formula is C22H25NO2Si. The van der Waals surface area contributed by atoms with Gasteiger partial charge >= 0.3 is 8.56 Å². The van der Waals surface area contributed by atoms with Crippen molar-refractivity contribution in [2.24, 2.45) is 0 Å². The fourth-order valence-corrected chi connectivity index (χ4v) is 6.20. The molecule has 3 nitrogen and oxygen atoms in total. The molecule has 3 aromatic carbocycles. The summed E-state index contributed by atoms with van der Waals surface area (Å²) < 4.78 is 12.6. The van der Waals surface area contributed by atoms with Crippen molar-refractivity contribution in [2.75, 3.05) is 18.5 Å². The first-order valence-corrected chi connectivity index (χ1v) is 10.9. The molecule has 3 rings (SSSR count). The van der Waals surface area contributed by atoms with Crippen LogP contribution in [0.2, 0.25) is 0 Å². The molecule has 0 atom stereocenters. The van der Waals surface area contributed by atoms with Crippen LogP contribution in [-0.4, -0.2) is 21.8 Å². The molecule has 4 heteroatoms. The molecule has 0 amide bonds. The Bertz CT molecular complexity index is 785. The van der Waals surface area contributed by atoms with E-state index in [2.05, 4.69) is 53.8 Å². The highest BCUT2D eigenvalue weighted by Gasteiger charge is 2.42. The molecule has 0 unspecified atom stereocenters. The number of rotatable bonds is 8. The molecule has 0 spiro atoms. The van der Waals surface area contributed by atoms with Crippen LogP contribution in [0.5, 0.6) is 0 Å². The average Bonchev–Trinajstić information content (AvgIpc) is 2.70. The van der Waals surface area contributed by atoms with Crippen molar-refractivity contribution in [1.82, 2.24) is 0 Å². The third-order valence-electron chi connectivity index (χ3n) is 4.18. The molecule has 0 heterocycles. The Morgan fingerprint density at radius 2 is 1.08 bits per heavy atom. The average molecular weight is 364 g/mol. The minimum Gasteiger partial charge on any atom is -0.388 e. The molecule has 26 heavy (non-hydrogen) atoms. The number of para-hydroxylation sites is 1. The predicted molar refractivity (Wildman–Crippen MR) is 111 cm³/mol. The number of nitrogens with one attached hydrogen (secondary N) is 1. The Hall–Kier alpha value is -2.40. The summed E-state index contributed by atoms with van der Waals surface area (Å²) in [7, 11) is -2.69. The van der Waals surface area contributed by atoms with Crippen molar-refractivity contribution < 1.29 is 8.85 Å². The lowest BCUT2D eigenvalue weighted by atomic mass is 10.3. The van der Waals surface area contributed by atoms with Crippen molar-refractivity contribution in [3.05, 3.63) is 84.9 Å². The Morgan fingerprint density at radius 1 is 0.615 bits per heavy atom. The third-order valence-corrected chi connectivity index (χ3v) is 7.75. The Labute approximate surface area is 156 Å².